The summed E-state index contributed by atoms with van der Waals surface area (Å²) in [7, 11) is 3.42. The van der Waals surface area contributed by atoms with Crippen LogP contribution in [0.15, 0.2) is 9.05 Å². The van der Waals surface area contributed by atoms with Gasteiger partial charge in [-0.1, -0.05) is 51.9 Å². The Kier molecular flexibility index (Phi) is 13.0. The van der Waals surface area contributed by atoms with E-state index in [9.17, 15) is 9.59 Å². The highest BCUT2D eigenvalue weighted by Crippen LogP contribution is 2.42. The molecule has 0 aliphatic carbocycles. The predicted molar refractivity (Wildman–Crippen MR) is 169 cm³/mol. The molecule has 0 amide bonds. The van der Waals surface area contributed by atoms with Crippen molar-refractivity contribution in [2.24, 2.45) is 10.8 Å². The molecule has 12 heteroatoms. The summed E-state index contributed by atoms with van der Waals surface area (Å²) in [6, 6.07) is 0. The van der Waals surface area contributed by atoms with Gasteiger partial charge in [0.15, 0.2) is 22.9 Å². The fourth-order valence-electron chi connectivity index (χ4n) is 5.68. The number of carbonyl (C=O) groups is 2. The van der Waals surface area contributed by atoms with Crippen molar-refractivity contribution in [3.05, 3.63) is 34.0 Å². The molecular formula is C34H54N2O10. The molecule has 0 bridgehead atoms. The maximum Gasteiger partial charge on any atom is 0.360 e. The molecule has 2 aromatic heterocycles. The van der Waals surface area contributed by atoms with Crippen molar-refractivity contribution < 1.29 is 47.1 Å². The normalized spacial score (nSPS) is 25.4. The third-order valence-electron chi connectivity index (χ3n) is 8.61. The molecule has 4 rings (SSSR count). The lowest BCUT2D eigenvalue weighted by Gasteiger charge is -2.40. The lowest BCUT2D eigenvalue weighted by Crippen LogP contribution is -2.40. The first kappa shape index (κ1) is 37.7. The van der Waals surface area contributed by atoms with Gasteiger partial charge in [-0.3, -0.25) is 0 Å². The molecule has 2 aliphatic rings. The Morgan fingerprint density at radius 2 is 1.02 bits per heavy atom. The zero-order valence-electron chi connectivity index (χ0n) is 29.7. The number of carbonyl (C=O) groups excluding carboxylic acids is 2. The molecule has 2 saturated heterocycles. The second kappa shape index (κ2) is 15.9. The van der Waals surface area contributed by atoms with Gasteiger partial charge in [0.05, 0.1) is 37.6 Å². The Bertz CT molecular complexity index is 1190. The molecule has 0 spiro atoms. The number of aromatic nitrogens is 2. The first-order valence-electron chi connectivity index (χ1n) is 16.2. The van der Waals surface area contributed by atoms with Gasteiger partial charge >= 0.3 is 11.9 Å². The van der Waals surface area contributed by atoms with Gasteiger partial charge in [-0.15, -0.1) is 0 Å². The summed E-state index contributed by atoms with van der Waals surface area (Å²) in [5.74, 6) is 0.242. The summed E-state index contributed by atoms with van der Waals surface area (Å²) in [5.41, 5.74) is 1.78. The van der Waals surface area contributed by atoms with E-state index in [-0.39, 0.29) is 58.8 Å². The molecule has 2 fully saturated rings. The van der Waals surface area contributed by atoms with Gasteiger partial charge in [-0.25, -0.2) is 9.59 Å². The third kappa shape index (κ3) is 9.17. The number of hydrogen-bond donors (Lipinski definition) is 0. The Morgan fingerprint density at radius 3 is 1.30 bits per heavy atom. The van der Waals surface area contributed by atoms with E-state index in [1.807, 2.05) is 13.8 Å². The Labute approximate surface area is 273 Å². The topological polar surface area (TPSA) is 142 Å². The van der Waals surface area contributed by atoms with Crippen molar-refractivity contribution in [2.75, 3.05) is 27.4 Å². The maximum atomic E-state index is 11.9. The predicted octanol–water partition coefficient (Wildman–Crippen LogP) is 6.88. The van der Waals surface area contributed by atoms with Crippen LogP contribution in [-0.2, 0) is 28.4 Å². The molecule has 2 aliphatic heterocycles. The second-order valence-electron chi connectivity index (χ2n) is 14.1. The minimum atomic E-state index is -0.466. The van der Waals surface area contributed by atoms with Crippen LogP contribution in [0.2, 0.25) is 0 Å². The number of esters is 2. The lowest BCUT2D eigenvalue weighted by molar-refractivity contribution is -0.150. The van der Waals surface area contributed by atoms with E-state index >= 15 is 0 Å². The van der Waals surface area contributed by atoms with Crippen LogP contribution in [0.3, 0.4) is 0 Å². The average Bonchev–Trinajstić information content (AvgIpc) is 3.58. The van der Waals surface area contributed by atoms with E-state index in [2.05, 4.69) is 51.9 Å². The maximum absolute atomic E-state index is 11.9. The molecule has 0 radical (unpaired) electrons. The van der Waals surface area contributed by atoms with Crippen molar-refractivity contribution in [3.63, 3.8) is 0 Å². The van der Waals surface area contributed by atoms with Gasteiger partial charge < -0.3 is 37.5 Å². The van der Waals surface area contributed by atoms with E-state index in [1.54, 1.807) is 28.1 Å². The molecule has 4 heterocycles. The van der Waals surface area contributed by atoms with Gasteiger partial charge in [0.25, 0.3) is 0 Å². The van der Waals surface area contributed by atoms with Gasteiger partial charge in [0.2, 0.25) is 0 Å². The molecule has 260 valence electrons. The highest BCUT2D eigenvalue weighted by atomic mass is 16.6. The van der Waals surface area contributed by atoms with Crippen molar-refractivity contribution >= 4 is 11.9 Å². The average molecular weight is 651 g/mol. The minimum Gasteiger partial charge on any atom is -0.461 e. The standard InChI is InChI=1S/2C17H27NO5/c2*1-7-21-16(19)14-10(2)15(23-18-14)12-8-11(20-6)9-13(22-12)17(3,4)5/h2*11-13H,7-9H2,1-6H3/t11-,12-,13?;11-,12-,13+/m01/s1. The summed E-state index contributed by atoms with van der Waals surface area (Å²) in [6.45, 7) is 20.6. The Hall–Kier alpha value is -2.80. The zero-order valence-corrected chi connectivity index (χ0v) is 29.7. The van der Waals surface area contributed by atoms with Gasteiger partial charge in [0, 0.05) is 51.0 Å². The smallest absolute Gasteiger partial charge is 0.360 e. The monoisotopic (exact) mass is 650 g/mol. The highest BCUT2D eigenvalue weighted by Gasteiger charge is 2.41. The van der Waals surface area contributed by atoms with E-state index in [4.69, 9.17) is 37.5 Å². The Morgan fingerprint density at radius 1 is 0.674 bits per heavy atom. The van der Waals surface area contributed by atoms with Crippen LogP contribution in [-0.4, -0.2) is 74.1 Å². The summed E-state index contributed by atoms with van der Waals surface area (Å²) >= 11 is 0. The van der Waals surface area contributed by atoms with Gasteiger partial charge in [-0.2, -0.15) is 0 Å². The summed E-state index contributed by atoms with van der Waals surface area (Å²) in [4.78, 5) is 23.8. The fourth-order valence-corrected chi connectivity index (χ4v) is 5.68. The summed E-state index contributed by atoms with van der Waals surface area (Å²) < 4.78 is 44.5. The Balaban J connectivity index is 0.000000250. The zero-order chi connectivity index (χ0) is 34.4. The van der Waals surface area contributed by atoms with E-state index in [0.717, 1.165) is 12.8 Å². The first-order chi connectivity index (χ1) is 21.5. The summed E-state index contributed by atoms with van der Waals surface area (Å²) in [6.07, 6.45) is 2.78. The van der Waals surface area contributed by atoms with E-state index < -0.39 is 11.9 Å². The van der Waals surface area contributed by atoms with Crippen molar-refractivity contribution in [1.82, 2.24) is 10.3 Å². The molecule has 0 aromatic carbocycles. The molecular weight excluding hydrogens is 596 g/mol. The van der Waals surface area contributed by atoms with Crippen LogP contribution in [0.5, 0.6) is 0 Å². The lowest BCUT2D eigenvalue weighted by atomic mass is 9.82. The van der Waals surface area contributed by atoms with E-state index in [0.29, 0.717) is 48.7 Å². The van der Waals surface area contributed by atoms with Crippen LogP contribution < -0.4 is 0 Å². The van der Waals surface area contributed by atoms with E-state index in [1.165, 1.54) is 0 Å². The molecule has 0 N–H and O–H groups in total. The van der Waals surface area contributed by atoms with Crippen LogP contribution in [0, 0.1) is 24.7 Å². The second-order valence-corrected chi connectivity index (χ2v) is 14.1. The van der Waals surface area contributed by atoms with Crippen LogP contribution >= 0.6 is 0 Å². The molecule has 1 unspecified atom stereocenters. The van der Waals surface area contributed by atoms with Crippen LogP contribution in [0.25, 0.3) is 0 Å². The quantitative estimate of drug-likeness (QED) is 0.275. The van der Waals surface area contributed by atoms with Crippen LogP contribution in [0.4, 0.5) is 0 Å². The third-order valence-corrected chi connectivity index (χ3v) is 8.61. The largest absolute Gasteiger partial charge is 0.461 e. The van der Waals surface area contributed by atoms with Crippen LogP contribution in [0.1, 0.15) is 137 Å². The number of hydrogen-bond acceptors (Lipinski definition) is 12. The van der Waals surface area contributed by atoms with Gasteiger partial charge in [-0.05, 0) is 38.5 Å². The van der Waals surface area contributed by atoms with Crippen molar-refractivity contribution in [1.29, 1.82) is 0 Å². The highest BCUT2D eigenvalue weighted by molar-refractivity contribution is 5.89. The molecule has 0 saturated carbocycles. The van der Waals surface area contributed by atoms with Crippen molar-refractivity contribution in [2.45, 2.75) is 132 Å². The fraction of sp³-hybridized carbons (Fsp3) is 0.765. The van der Waals surface area contributed by atoms with Gasteiger partial charge in [0.1, 0.15) is 12.2 Å². The number of ether oxygens (including phenoxy) is 6. The SMILES string of the molecule is CCOC(=O)c1noc([C@@H]2C[C@H](OC)CC(C(C)(C)C)O2)c1C.CCOC(=O)c1noc([C@H]2C[C@@H](OC)C[C@@H](C(C)(C)C)O2)c1C. The number of nitrogens with zero attached hydrogens (tertiary/aromatic N) is 2. The molecule has 2 aromatic rings. The molecule has 6 atom stereocenters. The summed E-state index contributed by atoms with van der Waals surface area (Å²) in [5, 5.41) is 7.75. The number of methoxy groups -OCH3 is 2. The minimum absolute atomic E-state index is 0.00660. The molecule has 12 nitrogen and oxygen atoms in total. The number of rotatable bonds is 8. The molecule has 46 heavy (non-hydrogen) atoms. The first-order valence-corrected chi connectivity index (χ1v) is 16.2. The van der Waals surface area contributed by atoms with Crippen molar-refractivity contribution in [3.8, 4) is 0 Å².